The summed E-state index contributed by atoms with van der Waals surface area (Å²) in [6, 6.07) is 13.8. The maximum Gasteiger partial charge on any atom is 0.124 e. The molecule has 0 bridgehead atoms. The van der Waals surface area contributed by atoms with Crippen LogP contribution in [0.15, 0.2) is 47.4 Å². The van der Waals surface area contributed by atoms with Gasteiger partial charge >= 0.3 is 0 Å². The predicted octanol–water partition coefficient (Wildman–Crippen LogP) is 4.64. The van der Waals surface area contributed by atoms with Gasteiger partial charge in [-0.25, -0.2) is 4.39 Å². The van der Waals surface area contributed by atoms with Gasteiger partial charge < -0.3 is 0 Å². The predicted molar refractivity (Wildman–Crippen MR) is 72.1 cm³/mol. The van der Waals surface area contributed by atoms with E-state index in [9.17, 15) is 4.39 Å². The van der Waals surface area contributed by atoms with E-state index in [0.29, 0.717) is 16.3 Å². The van der Waals surface area contributed by atoms with E-state index in [0.717, 1.165) is 10.5 Å². The largest absolute Gasteiger partial charge is 0.207 e. The second-order valence-electron chi connectivity index (χ2n) is 3.68. The van der Waals surface area contributed by atoms with Crippen LogP contribution in [0.2, 0.25) is 5.02 Å². The molecule has 2 aromatic rings. The van der Waals surface area contributed by atoms with Crippen LogP contribution in [0.5, 0.6) is 0 Å². The Balaban J connectivity index is 2.14. The average molecular weight is 278 g/mol. The fourth-order valence-electron chi connectivity index (χ4n) is 1.52. The molecule has 0 saturated heterocycles. The third-order valence-electron chi connectivity index (χ3n) is 2.32. The van der Waals surface area contributed by atoms with Gasteiger partial charge in [-0.05, 0) is 35.9 Å². The maximum atomic E-state index is 13.2. The van der Waals surface area contributed by atoms with Gasteiger partial charge in [0, 0.05) is 10.6 Å². The molecule has 0 amide bonds. The average Bonchev–Trinajstić information content (AvgIpc) is 2.37. The molecule has 0 aliphatic heterocycles. The van der Waals surface area contributed by atoms with Crippen LogP contribution in [-0.4, -0.2) is 0 Å². The molecule has 0 fully saturated rings. The number of thioether (sulfide) groups is 1. The van der Waals surface area contributed by atoms with E-state index in [2.05, 4.69) is 0 Å². The van der Waals surface area contributed by atoms with Crippen molar-refractivity contribution in [3.8, 4) is 6.07 Å². The molecule has 0 aliphatic rings. The Morgan fingerprint density at radius 1 is 1.22 bits per heavy atom. The molecule has 18 heavy (non-hydrogen) atoms. The maximum absolute atomic E-state index is 13.2. The Labute approximate surface area is 114 Å². The number of hydrogen-bond acceptors (Lipinski definition) is 2. The van der Waals surface area contributed by atoms with Crippen molar-refractivity contribution in [2.24, 2.45) is 0 Å². The molecule has 0 unspecified atom stereocenters. The standard InChI is InChI=1S/C14H9ClFNS/c15-13-3-1-2-4-14(13)18-9-11-5-10(8-17)6-12(16)7-11/h1-7H,9H2. The van der Waals surface area contributed by atoms with E-state index < -0.39 is 0 Å². The lowest BCUT2D eigenvalue weighted by atomic mass is 10.1. The first-order chi connectivity index (χ1) is 8.69. The first-order valence-electron chi connectivity index (χ1n) is 5.26. The summed E-state index contributed by atoms with van der Waals surface area (Å²) in [5, 5.41) is 9.45. The summed E-state index contributed by atoms with van der Waals surface area (Å²) in [5.74, 6) is 0.194. The Morgan fingerprint density at radius 2 is 2.00 bits per heavy atom. The van der Waals surface area contributed by atoms with Crippen LogP contribution in [0.3, 0.4) is 0 Å². The highest BCUT2D eigenvalue weighted by atomic mass is 35.5. The Bertz CT molecular complexity index is 607. The normalized spacial score (nSPS) is 10.1. The van der Waals surface area contributed by atoms with Gasteiger partial charge in [-0.2, -0.15) is 5.26 Å². The fourth-order valence-corrected chi connectivity index (χ4v) is 2.69. The number of nitriles is 1. The number of nitrogens with zero attached hydrogens (tertiary/aromatic N) is 1. The van der Waals surface area contributed by atoms with Crippen LogP contribution in [0.1, 0.15) is 11.1 Å². The van der Waals surface area contributed by atoms with Crippen molar-refractivity contribution in [1.29, 1.82) is 5.26 Å². The summed E-state index contributed by atoms with van der Waals surface area (Å²) in [6.45, 7) is 0. The summed E-state index contributed by atoms with van der Waals surface area (Å²) in [4.78, 5) is 0.946. The molecule has 0 spiro atoms. The summed E-state index contributed by atoms with van der Waals surface area (Å²) in [7, 11) is 0. The SMILES string of the molecule is N#Cc1cc(F)cc(CSc2ccccc2Cl)c1. The van der Waals surface area contributed by atoms with Crippen molar-refractivity contribution in [3.05, 3.63) is 64.4 Å². The monoisotopic (exact) mass is 277 g/mol. The Morgan fingerprint density at radius 3 is 2.72 bits per heavy atom. The van der Waals surface area contributed by atoms with E-state index in [1.54, 1.807) is 6.07 Å². The third kappa shape index (κ3) is 3.25. The molecular formula is C14H9ClFNS. The molecule has 2 aromatic carbocycles. The van der Waals surface area contributed by atoms with Crippen LogP contribution in [0.25, 0.3) is 0 Å². The lowest BCUT2D eigenvalue weighted by Gasteiger charge is -2.04. The molecule has 0 aromatic heterocycles. The molecule has 90 valence electrons. The third-order valence-corrected chi connectivity index (χ3v) is 3.90. The molecule has 1 nitrogen and oxygen atoms in total. The van der Waals surface area contributed by atoms with Crippen molar-refractivity contribution >= 4 is 23.4 Å². The topological polar surface area (TPSA) is 23.8 Å². The summed E-state index contributed by atoms with van der Waals surface area (Å²) in [5.41, 5.74) is 1.11. The highest BCUT2D eigenvalue weighted by Crippen LogP contribution is 2.29. The zero-order valence-electron chi connectivity index (χ0n) is 9.36. The molecule has 0 aliphatic carbocycles. The van der Waals surface area contributed by atoms with Crippen LogP contribution in [0, 0.1) is 17.1 Å². The quantitative estimate of drug-likeness (QED) is 0.763. The van der Waals surface area contributed by atoms with E-state index in [1.807, 2.05) is 30.3 Å². The first kappa shape index (κ1) is 12.9. The molecule has 4 heteroatoms. The second kappa shape index (κ2) is 5.90. The molecule has 0 atom stereocenters. The van der Waals surface area contributed by atoms with Crippen molar-refractivity contribution in [1.82, 2.24) is 0 Å². The summed E-state index contributed by atoms with van der Waals surface area (Å²) >= 11 is 7.55. The first-order valence-corrected chi connectivity index (χ1v) is 6.62. The van der Waals surface area contributed by atoms with E-state index >= 15 is 0 Å². The lowest BCUT2D eigenvalue weighted by molar-refractivity contribution is 0.626. The van der Waals surface area contributed by atoms with E-state index in [4.69, 9.17) is 16.9 Å². The number of halogens is 2. The highest BCUT2D eigenvalue weighted by molar-refractivity contribution is 7.98. The molecule has 0 heterocycles. The fraction of sp³-hybridized carbons (Fsp3) is 0.0714. The zero-order chi connectivity index (χ0) is 13.0. The minimum absolute atomic E-state index is 0.338. The molecular weight excluding hydrogens is 269 g/mol. The van der Waals surface area contributed by atoms with Crippen LogP contribution >= 0.6 is 23.4 Å². The van der Waals surface area contributed by atoms with Gasteiger partial charge in [-0.3, -0.25) is 0 Å². The molecule has 0 N–H and O–H groups in total. The second-order valence-corrected chi connectivity index (χ2v) is 5.10. The van der Waals surface area contributed by atoms with Gasteiger partial charge in [0.15, 0.2) is 0 Å². The van der Waals surface area contributed by atoms with Crippen molar-refractivity contribution in [2.45, 2.75) is 10.6 Å². The number of rotatable bonds is 3. The minimum Gasteiger partial charge on any atom is -0.207 e. The smallest absolute Gasteiger partial charge is 0.124 e. The zero-order valence-corrected chi connectivity index (χ0v) is 10.9. The Kier molecular flexibility index (Phi) is 4.24. The van der Waals surface area contributed by atoms with Gasteiger partial charge in [-0.1, -0.05) is 23.7 Å². The summed E-state index contributed by atoms with van der Waals surface area (Å²) < 4.78 is 13.2. The molecule has 2 rings (SSSR count). The van der Waals surface area contributed by atoms with Gasteiger partial charge in [0.05, 0.1) is 16.7 Å². The van der Waals surface area contributed by atoms with Crippen molar-refractivity contribution < 1.29 is 4.39 Å². The number of hydrogen-bond donors (Lipinski definition) is 0. The van der Waals surface area contributed by atoms with Crippen LogP contribution in [0.4, 0.5) is 4.39 Å². The van der Waals surface area contributed by atoms with E-state index in [1.165, 1.54) is 23.9 Å². The molecule has 0 saturated carbocycles. The van der Waals surface area contributed by atoms with Gasteiger partial charge in [0.2, 0.25) is 0 Å². The lowest BCUT2D eigenvalue weighted by Crippen LogP contribution is -1.87. The van der Waals surface area contributed by atoms with Crippen molar-refractivity contribution in [3.63, 3.8) is 0 Å². The highest BCUT2D eigenvalue weighted by Gasteiger charge is 2.03. The minimum atomic E-state index is -0.385. The van der Waals surface area contributed by atoms with Crippen molar-refractivity contribution in [2.75, 3.05) is 0 Å². The van der Waals surface area contributed by atoms with Gasteiger partial charge in [0.25, 0.3) is 0 Å². The van der Waals surface area contributed by atoms with Gasteiger partial charge in [0.1, 0.15) is 5.82 Å². The summed E-state index contributed by atoms with van der Waals surface area (Å²) in [6.07, 6.45) is 0. The van der Waals surface area contributed by atoms with Crippen LogP contribution < -0.4 is 0 Å². The number of benzene rings is 2. The van der Waals surface area contributed by atoms with E-state index in [-0.39, 0.29) is 5.82 Å². The molecule has 0 radical (unpaired) electrons. The van der Waals surface area contributed by atoms with Crippen LogP contribution in [-0.2, 0) is 5.75 Å². The Hall–Kier alpha value is -1.50. The van der Waals surface area contributed by atoms with Gasteiger partial charge in [-0.15, -0.1) is 11.8 Å².